The van der Waals surface area contributed by atoms with Gasteiger partial charge >= 0.3 is 0 Å². The third-order valence-electron chi connectivity index (χ3n) is 5.43. The minimum Gasteiger partial charge on any atom is -0.424 e. The summed E-state index contributed by atoms with van der Waals surface area (Å²) in [5, 5.41) is 10.5. The van der Waals surface area contributed by atoms with Crippen LogP contribution in [-0.2, 0) is 14.2 Å². The molecule has 0 aliphatic carbocycles. The van der Waals surface area contributed by atoms with Crippen molar-refractivity contribution in [2.75, 3.05) is 46.2 Å². The summed E-state index contributed by atoms with van der Waals surface area (Å²) in [7, 11) is -2.94. The fourth-order valence-corrected chi connectivity index (χ4v) is 7.49. The van der Waals surface area contributed by atoms with Gasteiger partial charge in [-0.25, -0.2) is 0 Å². The molecule has 0 atom stereocenters. The van der Waals surface area contributed by atoms with Gasteiger partial charge in [0.25, 0.3) is 8.32 Å². The Kier molecular flexibility index (Phi) is 10.7. The Bertz CT molecular complexity index is 654. The van der Waals surface area contributed by atoms with Crippen molar-refractivity contribution < 1.29 is 24.1 Å². The van der Waals surface area contributed by atoms with E-state index in [1.807, 2.05) is 36.4 Å². The zero-order chi connectivity index (χ0) is 21.7. The summed E-state index contributed by atoms with van der Waals surface area (Å²) in [4.78, 5) is 12.1. The molecule has 2 aromatic carbocycles. The molecule has 6 heteroatoms. The van der Waals surface area contributed by atoms with Crippen molar-refractivity contribution in [2.24, 2.45) is 0 Å². The van der Waals surface area contributed by atoms with Gasteiger partial charge in [0.05, 0.1) is 39.6 Å². The Balaban J connectivity index is 1.85. The molecule has 0 saturated heterocycles. The zero-order valence-electron chi connectivity index (χ0n) is 18.3. The molecule has 0 radical (unpaired) electrons. The normalized spacial score (nSPS) is 12.3. The lowest BCUT2D eigenvalue weighted by atomic mass is 10.1. The molecule has 2 N–H and O–H groups in total. The van der Waals surface area contributed by atoms with Gasteiger partial charge in [0.1, 0.15) is 0 Å². The summed E-state index contributed by atoms with van der Waals surface area (Å²) in [5.41, 5.74) is 0. The van der Waals surface area contributed by atoms with E-state index in [2.05, 4.69) is 38.1 Å². The second kappa shape index (κ2) is 13.0. The Labute approximate surface area is 181 Å². The van der Waals surface area contributed by atoms with Crippen LogP contribution in [0.1, 0.15) is 26.7 Å². The Morgan fingerprint density at radius 1 is 0.700 bits per heavy atom. The van der Waals surface area contributed by atoms with Gasteiger partial charge in [-0.3, -0.25) is 0 Å². The molecule has 166 valence electrons. The smallest absolute Gasteiger partial charge is 0.258 e. The molecule has 0 aliphatic heterocycles. The highest BCUT2D eigenvalue weighted by Crippen LogP contribution is 2.39. The van der Waals surface area contributed by atoms with Crippen LogP contribution in [0, 0.1) is 0 Å². The third kappa shape index (κ3) is 7.01. The van der Waals surface area contributed by atoms with E-state index in [0.29, 0.717) is 39.6 Å². The van der Waals surface area contributed by atoms with E-state index < -0.39 is 8.32 Å². The van der Waals surface area contributed by atoms with E-state index >= 15 is 0 Å². The van der Waals surface area contributed by atoms with Gasteiger partial charge in [-0.2, -0.15) is 0 Å². The van der Waals surface area contributed by atoms with Crippen molar-refractivity contribution in [3.05, 3.63) is 60.7 Å². The SMILES string of the molecule is CC(C)(CCCOCCOCCOCCO)[Si](O)(c1ccccc1)c1ccccc1. The van der Waals surface area contributed by atoms with Crippen LogP contribution < -0.4 is 10.4 Å². The standard InChI is InChI=1S/C24H36O5Si/c1-24(2,14-9-16-27-18-20-29-21-19-28-17-15-25)30(26,22-10-5-3-6-11-22)23-12-7-4-8-13-23/h3-8,10-13,25-26H,9,14-21H2,1-2H3. The number of benzene rings is 2. The number of rotatable bonds is 15. The van der Waals surface area contributed by atoms with E-state index in [1.54, 1.807) is 0 Å². The van der Waals surface area contributed by atoms with Gasteiger partial charge in [-0.1, -0.05) is 74.5 Å². The van der Waals surface area contributed by atoms with Crippen LogP contribution in [0.4, 0.5) is 0 Å². The Morgan fingerprint density at radius 3 is 1.60 bits per heavy atom. The van der Waals surface area contributed by atoms with Crippen molar-refractivity contribution in [3.63, 3.8) is 0 Å². The quantitative estimate of drug-likeness (QED) is 0.334. The summed E-state index contributed by atoms with van der Waals surface area (Å²) in [5.74, 6) is 0. The molecule has 2 rings (SSSR count). The second-order valence-electron chi connectivity index (χ2n) is 7.99. The molecular formula is C24H36O5Si. The molecule has 30 heavy (non-hydrogen) atoms. The summed E-state index contributed by atoms with van der Waals surface area (Å²) in [6.07, 6.45) is 1.75. The minimum atomic E-state index is -2.94. The molecule has 0 amide bonds. The lowest BCUT2D eigenvalue weighted by Gasteiger charge is -2.41. The first-order valence-electron chi connectivity index (χ1n) is 10.7. The first-order valence-corrected chi connectivity index (χ1v) is 12.6. The lowest BCUT2D eigenvalue weighted by Crippen LogP contribution is -2.65. The van der Waals surface area contributed by atoms with E-state index in [-0.39, 0.29) is 11.6 Å². The first-order chi connectivity index (χ1) is 14.5. The van der Waals surface area contributed by atoms with Gasteiger partial charge in [-0.15, -0.1) is 0 Å². The molecule has 0 saturated carbocycles. The number of hydrogen-bond acceptors (Lipinski definition) is 5. The van der Waals surface area contributed by atoms with Crippen molar-refractivity contribution in [2.45, 2.75) is 31.7 Å². The van der Waals surface area contributed by atoms with E-state index in [1.165, 1.54) is 0 Å². The number of aliphatic hydroxyl groups excluding tert-OH is 1. The van der Waals surface area contributed by atoms with Gasteiger partial charge in [0, 0.05) is 6.61 Å². The van der Waals surface area contributed by atoms with Crippen LogP contribution in [0.15, 0.2) is 60.7 Å². The second-order valence-corrected chi connectivity index (χ2v) is 11.9. The molecular weight excluding hydrogens is 396 g/mol. The summed E-state index contributed by atoms with van der Waals surface area (Å²) in [6, 6.07) is 20.2. The van der Waals surface area contributed by atoms with E-state index in [4.69, 9.17) is 19.3 Å². The number of hydrogen-bond donors (Lipinski definition) is 2. The summed E-state index contributed by atoms with van der Waals surface area (Å²) in [6.45, 7) is 7.42. The monoisotopic (exact) mass is 432 g/mol. The van der Waals surface area contributed by atoms with Crippen LogP contribution in [0.3, 0.4) is 0 Å². The molecule has 0 unspecified atom stereocenters. The fraction of sp³-hybridized carbons (Fsp3) is 0.500. The summed E-state index contributed by atoms with van der Waals surface area (Å²) < 4.78 is 16.3. The molecule has 0 bridgehead atoms. The lowest BCUT2D eigenvalue weighted by molar-refractivity contribution is 0.00699. The molecule has 5 nitrogen and oxygen atoms in total. The highest BCUT2D eigenvalue weighted by Gasteiger charge is 2.49. The van der Waals surface area contributed by atoms with E-state index in [0.717, 1.165) is 23.2 Å². The maximum atomic E-state index is 12.1. The highest BCUT2D eigenvalue weighted by molar-refractivity contribution is 6.98. The Morgan fingerprint density at radius 2 is 1.13 bits per heavy atom. The molecule has 0 spiro atoms. The van der Waals surface area contributed by atoms with Crippen molar-refractivity contribution in [3.8, 4) is 0 Å². The number of ether oxygens (including phenoxy) is 3. The van der Waals surface area contributed by atoms with Crippen LogP contribution in [0.5, 0.6) is 0 Å². The molecule has 0 fully saturated rings. The maximum Gasteiger partial charge on any atom is 0.258 e. The first kappa shape index (κ1) is 24.7. The van der Waals surface area contributed by atoms with Crippen LogP contribution in [-0.4, -0.2) is 64.5 Å². The molecule has 0 aliphatic rings. The Hall–Kier alpha value is -1.54. The van der Waals surface area contributed by atoms with Crippen LogP contribution in [0.25, 0.3) is 0 Å². The number of aliphatic hydroxyl groups is 1. The van der Waals surface area contributed by atoms with E-state index in [9.17, 15) is 4.80 Å². The summed E-state index contributed by atoms with van der Waals surface area (Å²) >= 11 is 0. The predicted molar refractivity (Wildman–Crippen MR) is 123 cm³/mol. The van der Waals surface area contributed by atoms with Crippen molar-refractivity contribution >= 4 is 18.7 Å². The van der Waals surface area contributed by atoms with Crippen molar-refractivity contribution in [1.82, 2.24) is 0 Å². The van der Waals surface area contributed by atoms with Crippen LogP contribution >= 0.6 is 0 Å². The molecule has 0 aromatic heterocycles. The zero-order valence-corrected chi connectivity index (χ0v) is 19.3. The van der Waals surface area contributed by atoms with Gasteiger partial charge in [-0.05, 0) is 28.3 Å². The molecule has 0 heterocycles. The maximum absolute atomic E-state index is 12.1. The minimum absolute atomic E-state index is 0.0337. The predicted octanol–water partition coefficient (Wildman–Crippen LogP) is 2.34. The molecule has 2 aromatic rings. The average molecular weight is 433 g/mol. The largest absolute Gasteiger partial charge is 0.424 e. The fourth-order valence-electron chi connectivity index (χ4n) is 3.71. The van der Waals surface area contributed by atoms with Gasteiger partial charge in [0.2, 0.25) is 0 Å². The van der Waals surface area contributed by atoms with Gasteiger partial charge in [0.15, 0.2) is 0 Å². The van der Waals surface area contributed by atoms with Crippen molar-refractivity contribution in [1.29, 1.82) is 0 Å². The average Bonchev–Trinajstić information content (AvgIpc) is 2.78. The van der Waals surface area contributed by atoms with Gasteiger partial charge < -0.3 is 24.1 Å². The highest BCUT2D eigenvalue weighted by atomic mass is 28.4. The topological polar surface area (TPSA) is 68.2 Å². The van der Waals surface area contributed by atoms with Crippen LogP contribution in [0.2, 0.25) is 5.04 Å². The third-order valence-corrected chi connectivity index (χ3v) is 9.98.